The summed E-state index contributed by atoms with van der Waals surface area (Å²) >= 11 is 1.64. The monoisotopic (exact) mass is 393 g/mol. The van der Waals surface area contributed by atoms with Crippen molar-refractivity contribution in [2.45, 2.75) is 25.5 Å². The first-order valence-corrected chi connectivity index (χ1v) is 10.9. The molecule has 4 heteroatoms. The molecule has 3 aromatic carbocycles. The molecule has 0 spiro atoms. The van der Waals surface area contributed by atoms with E-state index in [1.54, 1.807) is 11.8 Å². The van der Waals surface area contributed by atoms with E-state index in [9.17, 15) is 4.79 Å². The highest BCUT2D eigenvalue weighted by Gasteiger charge is 2.04. The quantitative estimate of drug-likeness (QED) is 0.480. The van der Waals surface area contributed by atoms with E-state index in [1.165, 1.54) is 21.9 Å². The van der Waals surface area contributed by atoms with Crippen molar-refractivity contribution in [2.75, 3.05) is 18.9 Å². The second-order valence-corrected chi connectivity index (χ2v) is 7.71. The van der Waals surface area contributed by atoms with Crippen LogP contribution in [0.4, 0.5) is 0 Å². The lowest BCUT2D eigenvalue weighted by Gasteiger charge is -2.09. The molecular weight excluding hydrogens is 366 g/mol. The highest BCUT2D eigenvalue weighted by molar-refractivity contribution is 7.99. The Kier molecular flexibility index (Phi) is 7.80. The number of carbonyl (C=O) groups excluding carboxylic acids is 1. The summed E-state index contributed by atoms with van der Waals surface area (Å²) in [4.78, 5) is 12.0. The molecule has 1 N–H and O–H groups in total. The maximum Gasteiger partial charge on any atom is 0.230 e. The number of rotatable bonds is 10. The summed E-state index contributed by atoms with van der Waals surface area (Å²) in [5, 5.41) is 5.42. The molecule has 0 aliphatic rings. The van der Waals surface area contributed by atoms with Gasteiger partial charge < -0.3 is 10.1 Å². The Labute approximate surface area is 171 Å². The van der Waals surface area contributed by atoms with E-state index >= 15 is 0 Å². The molecule has 0 heterocycles. The normalized spacial score (nSPS) is 10.8. The lowest BCUT2D eigenvalue weighted by molar-refractivity contribution is -0.118. The van der Waals surface area contributed by atoms with Gasteiger partial charge in [0.1, 0.15) is 12.4 Å². The average molecular weight is 394 g/mol. The van der Waals surface area contributed by atoms with Gasteiger partial charge in [0.2, 0.25) is 5.91 Å². The zero-order valence-corrected chi connectivity index (χ0v) is 17.1. The maximum absolute atomic E-state index is 12.0. The number of amides is 1. The summed E-state index contributed by atoms with van der Waals surface area (Å²) in [6.45, 7) is 3.17. The SMILES string of the molecule is CCCc1ccc(OCCNC(=O)CSCc2cccc3ccccc23)cc1. The molecule has 28 heavy (non-hydrogen) atoms. The lowest BCUT2D eigenvalue weighted by atomic mass is 10.1. The first kappa shape index (κ1) is 20.3. The number of nitrogens with one attached hydrogen (secondary N) is 1. The van der Waals surface area contributed by atoms with Gasteiger partial charge in [-0.2, -0.15) is 0 Å². The third-order valence-corrected chi connectivity index (χ3v) is 5.51. The van der Waals surface area contributed by atoms with E-state index in [-0.39, 0.29) is 5.91 Å². The van der Waals surface area contributed by atoms with Crippen LogP contribution in [0.5, 0.6) is 5.75 Å². The predicted octanol–water partition coefficient (Wildman–Crippen LogP) is 5.22. The molecule has 0 saturated heterocycles. The molecule has 0 aliphatic heterocycles. The Bertz CT molecular complexity index is 887. The van der Waals surface area contributed by atoms with Gasteiger partial charge in [0.15, 0.2) is 0 Å². The predicted molar refractivity (Wildman–Crippen MR) is 119 cm³/mol. The molecule has 3 aromatic rings. The molecular formula is C24H27NO2S. The number of benzene rings is 3. The zero-order chi connectivity index (χ0) is 19.6. The van der Waals surface area contributed by atoms with Gasteiger partial charge in [-0.05, 0) is 40.5 Å². The number of fused-ring (bicyclic) bond motifs is 1. The Morgan fingerprint density at radius 1 is 1.00 bits per heavy atom. The maximum atomic E-state index is 12.0. The van der Waals surface area contributed by atoms with Crippen molar-refractivity contribution in [1.29, 1.82) is 0 Å². The molecule has 0 bridgehead atoms. The summed E-state index contributed by atoms with van der Waals surface area (Å²) in [6, 6.07) is 22.9. The molecule has 3 rings (SSSR count). The Balaban J connectivity index is 1.34. The number of aryl methyl sites for hydroxylation is 1. The second-order valence-electron chi connectivity index (χ2n) is 6.72. The molecule has 0 fully saturated rings. The Hall–Kier alpha value is -2.46. The van der Waals surface area contributed by atoms with Crippen LogP contribution in [0.2, 0.25) is 0 Å². The van der Waals surface area contributed by atoms with Crippen LogP contribution in [-0.4, -0.2) is 24.8 Å². The summed E-state index contributed by atoms with van der Waals surface area (Å²) < 4.78 is 5.69. The fraction of sp³-hybridized carbons (Fsp3) is 0.292. The molecule has 0 aliphatic carbocycles. The van der Waals surface area contributed by atoms with Crippen molar-refractivity contribution in [1.82, 2.24) is 5.32 Å². The number of carbonyl (C=O) groups is 1. The molecule has 1 amide bonds. The molecule has 0 radical (unpaired) electrons. The van der Waals surface area contributed by atoms with Crippen molar-refractivity contribution in [3.63, 3.8) is 0 Å². The van der Waals surface area contributed by atoms with Crippen molar-refractivity contribution in [3.05, 3.63) is 77.9 Å². The van der Waals surface area contributed by atoms with Gasteiger partial charge in [-0.1, -0.05) is 67.9 Å². The molecule has 0 atom stereocenters. The van der Waals surface area contributed by atoms with E-state index in [1.807, 2.05) is 18.2 Å². The Morgan fingerprint density at radius 3 is 2.61 bits per heavy atom. The summed E-state index contributed by atoms with van der Waals surface area (Å²) in [7, 11) is 0. The molecule has 3 nitrogen and oxygen atoms in total. The largest absolute Gasteiger partial charge is 0.492 e. The van der Waals surface area contributed by atoms with Crippen molar-refractivity contribution >= 4 is 28.4 Å². The van der Waals surface area contributed by atoms with Gasteiger partial charge in [-0.25, -0.2) is 0 Å². The van der Waals surface area contributed by atoms with Crippen LogP contribution < -0.4 is 10.1 Å². The number of hydrogen-bond donors (Lipinski definition) is 1. The van der Waals surface area contributed by atoms with Crippen LogP contribution in [-0.2, 0) is 17.0 Å². The van der Waals surface area contributed by atoms with Crippen LogP contribution in [0.1, 0.15) is 24.5 Å². The third-order valence-electron chi connectivity index (χ3n) is 4.53. The first-order valence-electron chi connectivity index (χ1n) is 9.79. The van der Waals surface area contributed by atoms with Crippen LogP contribution in [0, 0.1) is 0 Å². The van der Waals surface area contributed by atoms with Crippen molar-refractivity contribution in [3.8, 4) is 5.75 Å². The molecule has 0 saturated carbocycles. The van der Waals surface area contributed by atoms with Crippen LogP contribution in [0.25, 0.3) is 10.8 Å². The summed E-state index contributed by atoms with van der Waals surface area (Å²) in [6.07, 6.45) is 2.23. The smallest absolute Gasteiger partial charge is 0.230 e. The zero-order valence-electron chi connectivity index (χ0n) is 16.3. The van der Waals surface area contributed by atoms with Crippen molar-refractivity contribution in [2.24, 2.45) is 0 Å². The van der Waals surface area contributed by atoms with Crippen LogP contribution in [0.15, 0.2) is 66.7 Å². The van der Waals surface area contributed by atoms with E-state index < -0.39 is 0 Å². The van der Waals surface area contributed by atoms with Gasteiger partial charge in [-0.3, -0.25) is 4.79 Å². The minimum atomic E-state index is 0.0483. The lowest BCUT2D eigenvalue weighted by Crippen LogP contribution is -2.29. The standard InChI is InChI=1S/C24H27NO2S/c1-2-6-19-11-13-22(14-12-19)27-16-15-25-24(26)18-28-17-21-9-5-8-20-7-3-4-10-23(20)21/h3-5,7-14H,2,6,15-18H2,1H3,(H,25,26). The summed E-state index contributed by atoms with van der Waals surface area (Å²) in [5.74, 6) is 2.18. The van der Waals surface area contributed by atoms with E-state index in [2.05, 4.69) is 60.8 Å². The van der Waals surface area contributed by atoms with Gasteiger partial charge >= 0.3 is 0 Å². The molecule has 146 valence electrons. The van der Waals surface area contributed by atoms with Gasteiger partial charge in [0.25, 0.3) is 0 Å². The highest BCUT2D eigenvalue weighted by Crippen LogP contribution is 2.22. The van der Waals surface area contributed by atoms with Crippen LogP contribution in [0.3, 0.4) is 0 Å². The van der Waals surface area contributed by atoms with Gasteiger partial charge in [0.05, 0.1) is 12.3 Å². The van der Waals surface area contributed by atoms with E-state index in [0.717, 1.165) is 24.3 Å². The van der Waals surface area contributed by atoms with E-state index in [4.69, 9.17) is 4.74 Å². The van der Waals surface area contributed by atoms with Gasteiger partial charge in [0, 0.05) is 5.75 Å². The third kappa shape index (κ3) is 6.03. The Morgan fingerprint density at radius 2 is 1.79 bits per heavy atom. The fourth-order valence-corrected chi connectivity index (χ4v) is 3.98. The van der Waals surface area contributed by atoms with Crippen LogP contribution >= 0.6 is 11.8 Å². The topological polar surface area (TPSA) is 38.3 Å². The first-order chi connectivity index (χ1) is 13.8. The second kappa shape index (κ2) is 10.8. The average Bonchev–Trinajstić information content (AvgIpc) is 2.73. The minimum Gasteiger partial charge on any atom is -0.492 e. The molecule has 0 aromatic heterocycles. The van der Waals surface area contributed by atoms with E-state index in [0.29, 0.717) is 18.9 Å². The summed E-state index contributed by atoms with van der Waals surface area (Å²) in [5.41, 5.74) is 2.59. The number of ether oxygens (including phenoxy) is 1. The van der Waals surface area contributed by atoms with Crippen molar-refractivity contribution < 1.29 is 9.53 Å². The molecule has 0 unspecified atom stereocenters. The fourth-order valence-electron chi connectivity index (χ4n) is 3.12. The highest BCUT2D eigenvalue weighted by atomic mass is 32.2. The number of hydrogen-bond acceptors (Lipinski definition) is 3. The minimum absolute atomic E-state index is 0.0483. The van der Waals surface area contributed by atoms with Gasteiger partial charge in [-0.15, -0.1) is 11.8 Å². The number of thioether (sulfide) groups is 1.